The molecule has 1 saturated heterocycles. The molecule has 12 nitrogen and oxygen atoms in total. The maximum Gasteiger partial charge on any atom is 0.321 e. The highest BCUT2D eigenvalue weighted by molar-refractivity contribution is 5.91. The van der Waals surface area contributed by atoms with E-state index in [9.17, 15) is 44.7 Å². The van der Waals surface area contributed by atoms with Crippen LogP contribution in [0.1, 0.15) is 93.4 Å². The molecule has 310 valence electrons. The highest BCUT2D eigenvalue weighted by atomic mass is 16.7. The highest BCUT2D eigenvalue weighted by Gasteiger charge is 2.54. The van der Waals surface area contributed by atoms with Gasteiger partial charge in [0.25, 0.3) is 0 Å². The van der Waals surface area contributed by atoms with Crippen molar-refractivity contribution >= 4 is 23.7 Å². The number of aliphatic hydroxyl groups excluding tert-OH is 4. The van der Waals surface area contributed by atoms with E-state index in [-0.39, 0.29) is 35.5 Å². The first-order chi connectivity index (χ1) is 26.4. The molecule has 2 heterocycles. The van der Waals surface area contributed by atoms with Gasteiger partial charge in [0.2, 0.25) is 0 Å². The van der Waals surface area contributed by atoms with Gasteiger partial charge in [0.1, 0.15) is 6.10 Å². The summed E-state index contributed by atoms with van der Waals surface area (Å²) in [6.45, 7) is 12.9. The number of esters is 2. The van der Waals surface area contributed by atoms with Crippen molar-refractivity contribution in [3.63, 3.8) is 0 Å². The fraction of sp³-hybridized carbons (Fsp3) is 0.682. The summed E-state index contributed by atoms with van der Waals surface area (Å²) in [7, 11) is 0. The number of carbonyl (C=O) groups excluding carboxylic acids is 3. The van der Waals surface area contributed by atoms with E-state index in [1.54, 1.807) is 13.8 Å². The summed E-state index contributed by atoms with van der Waals surface area (Å²) >= 11 is 0. The van der Waals surface area contributed by atoms with Crippen LogP contribution in [-0.2, 0) is 33.4 Å². The van der Waals surface area contributed by atoms with Gasteiger partial charge in [-0.1, -0.05) is 73.9 Å². The van der Waals surface area contributed by atoms with Gasteiger partial charge in [-0.25, -0.2) is 0 Å². The van der Waals surface area contributed by atoms with Crippen LogP contribution in [-0.4, -0.2) is 92.1 Å². The van der Waals surface area contributed by atoms with E-state index in [0.717, 1.165) is 22.3 Å². The largest absolute Gasteiger partial charge is 0.481 e. The summed E-state index contributed by atoms with van der Waals surface area (Å²) in [6.07, 6.45) is 8.24. The van der Waals surface area contributed by atoms with Crippen LogP contribution in [0.2, 0.25) is 0 Å². The average Bonchev–Trinajstić information content (AvgIpc) is 3.46. The van der Waals surface area contributed by atoms with Crippen molar-refractivity contribution in [1.29, 1.82) is 0 Å². The summed E-state index contributed by atoms with van der Waals surface area (Å²) in [5.74, 6) is -6.36. The Bertz CT molecular complexity index is 1640. The van der Waals surface area contributed by atoms with Crippen LogP contribution in [0, 0.1) is 53.3 Å². The van der Waals surface area contributed by atoms with E-state index < -0.39 is 84.4 Å². The van der Waals surface area contributed by atoms with Crippen LogP contribution in [0.25, 0.3) is 0 Å². The first-order valence-electron chi connectivity index (χ1n) is 20.4. The van der Waals surface area contributed by atoms with Crippen molar-refractivity contribution in [2.24, 2.45) is 53.3 Å². The molecule has 5 rings (SSSR count). The predicted molar refractivity (Wildman–Crippen MR) is 206 cm³/mol. The van der Waals surface area contributed by atoms with E-state index in [1.807, 2.05) is 58.1 Å². The lowest BCUT2D eigenvalue weighted by Gasteiger charge is -2.46. The van der Waals surface area contributed by atoms with Gasteiger partial charge in [0, 0.05) is 11.8 Å². The first kappa shape index (κ1) is 43.9. The van der Waals surface area contributed by atoms with E-state index >= 15 is 0 Å². The Morgan fingerprint density at radius 2 is 1.73 bits per heavy atom. The average molecular weight is 783 g/mol. The van der Waals surface area contributed by atoms with Gasteiger partial charge in [-0.3, -0.25) is 19.2 Å². The Hall–Kier alpha value is -3.26. The molecule has 0 aromatic heterocycles. The minimum Gasteiger partial charge on any atom is -0.481 e. The second-order valence-electron chi connectivity index (χ2n) is 17.3. The van der Waals surface area contributed by atoms with Crippen molar-refractivity contribution < 1.29 is 58.9 Å². The minimum atomic E-state index is -1.68. The minimum absolute atomic E-state index is 0.0452. The summed E-state index contributed by atoms with van der Waals surface area (Å²) in [6, 6.07) is 0. The van der Waals surface area contributed by atoms with Gasteiger partial charge in [-0.2, -0.15) is 0 Å². The Labute approximate surface area is 330 Å². The molecule has 56 heavy (non-hydrogen) atoms. The van der Waals surface area contributed by atoms with Gasteiger partial charge in [-0.05, 0) is 102 Å². The van der Waals surface area contributed by atoms with Crippen LogP contribution >= 0.6 is 0 Å². The first-order valence-corrected chi connectivity index (χ1v) is 20.4. The van der Waals surface area contributed by atoms with E-state index in [4.69, 9.17) is 14.2 Å². The number of hydrogen-bond donors (Lipinski definition) is 5. The van der Waals surface area contributed by atoms with Crippen LogP contribution in [0.4, 0.5) is 0 Å². The third-order valence-electron chi connectivity index (χ3n) is 13.1. The zero-order valence-corrected chi connectivity index (χ0v) is 33.7. The van der Waals surface area contributed by atoms with E-state index in [0.29, 0.717) is 44.9 Å². The molecular weight excluding hydrogens is 720 g/mol. The molecule has 0 bridgehead atoms. The number of allylic oxidation sites excluding steroid dienone is 7. The SMILES string of the molecule is CC1=CC2C(CCC(C)C2OC2OC(C)C(O)C(=O)C2O)C2C(=O)OC(=O)C(C)C3CC(O)C/C3=C/2C1C/C=C/C=C/C=C(\C)CC(C)CC(O)C(C)C(=O)O. The molecule has 0 aromatic carbocycles. The number of rotatable bonds is 12. The van der Waals surface area contributed by atoms with E-state index in [2.05, 4.69) is 6.08 Å². The number of aliphatic carboxylic acids is 1. The molecule has 12 heteroatoms. The maximum atomic E-state index is 14.3. The zero-order valence-electron chi connectivity index (χ0n) is 33.7. The Morgan fingerprint density at radius 3 is 2.43 bits per heavy atom. The quantitative estimate of drug-likeness (QED) is 0.0771. The van der Waals surface area contributed by atoms with Crippen LogP contribution < -0.4 is 0 Å². The lowest BCUT2D eigenvalue weighted by Crippen LogP contribution is -2.57. The number of carboxylic acids is 1. The van der Waals surface area contributed by atoms with Gasteiger partial charge >= 0.3 is 17.9 Å². The van der Waals surface area contributed by atoms with Gasteiger partial charge < -0.3 is 39.7 Å². The summed E-state index contributed by atoms with van der Waals surface area (Å²) in [5, 5.41) is 51.5. The number of aliphatic hydroxyl groups is 4. The number of hydrogen-bond acceptors (Lipinski definition) is 11. The van der Waals surface area contributed by atoms with Crippen molar-refractivity contribution in [3.8, 4) is 0 Å². The molecule has 0 spiro atoms. The molecule has 2 aliphatic heterocycles. The summed E-state index contributed by atoms with van der Waals surface area (Å²) in [5.41, 5.74) is 3.95. The Balaban J connectivity index is 1.45. The smallest absolute Gasteiger partial charge is 0.321 e. The van der Waals surface area contributed by atoms with E-state index in [1.165, 1.54) is 6.92 Å². The standard InChI is InChI=1S/C44H62O12/c1-21(16-22(2)17-34(46)26(6)41(50)51)12-10-8-9-11-13-29-24(4)18-33-30(15-14-23(3)40(33)55-44-39(49)38(48)37(47)27(7)54-44)36-35(29)32-20-28(45)19-31(32)25(5)42(52)56-43(36)53/h8-12,18,22-23,25-31,33-34,36-37,39-40,44-47,49H,13-17,19-20H2,1-7H3,(H,50,51)/b10-8+,11-9+,21-12+,35-32-. The van der Waals surface area contributed by atoms with Crippen LogP contribution in [0.15, 0.2) is 58.7 Å². The Morgan fingerprint density at radius 1 is 1.02 bits per heavy atom. The fourth-order valence-electron chi connectivity index (χ4n) is 9.82. The summed E-state index contributed by atoms with van der Waals surface area (Å²) in [4.78, 5) is 51.5. The molecule has 0 aromatic rings. The second kappa shape index (κ2) is 18.6. The number of carbonyl (C=O) groups is 4. The topological polar surface area (TPSA) is 197 Å². The lowest BCUT2D eigenvalue weighted by molar-refractivity contribution is -0.274. The molecule has 0 radical (unpaired) electrons. The fourth-order valence-corrected chi connectivity index (χ4v) is 9.82. The molecule has 0 amide bonds. The number of carboxylic acid groups (broad SMARTS) is 1. The molecule has 16 atom stereocenters. The van der Waals surface area contributed by atoms with Crippen LogP contribution in [0.3, 0.4) is 0 Å². The molecule has 2 saturated carbocycles. The van der Waals surface area contributed by atoms with Gasteiger partial charge in [0.15, 0.2) is 18.2 Å². The zero-order chi connectivity index (χ0) is 41.2. The van der Waals surface area contributed by atoms with Gasteiger partial charge in [-0.15, -0.1) is 0 Å². The number of Topliss-reactive ketones (excluding diaryl/α,β-unsaturated/α-hetero) is 1. The summed E-state index contributed by atoms with van der Waals surface area (Å²) < 4.78 is 18.0. The number of ether oxygens (including phenoxy) is 3. The number of cyclic esters (lactones) is 2. The number of fused-ring (bicyclic) bond motifs is 4. The Kier molecular flexibility index (Phi) is 14.5. The molecule has 3 aliphatic carbocycles. The second-order valence-corrected chi connectivity index (χ2v) is 17.3. The molecule has 16 unspecified atom stereocenters. The third kappa shape index (κ3) is 9.54. The van der Waals surface area contributed by atoms with Gasteiger partial charge in [0.05, 0.1) is 42.2 Å². The number of ketones is 1. The van der Waals surface area contributed by atoms with Crippen molar-refractivity contribution in [1.82, 2.24) is 0 Å². The monoisotopic (exact) mass is 782 g/mol. The lowest BCUT2D eigenvalue weighted by atomic mass is 9.64. The molecule has 3 fully saturated rings. The van der Waals surface area contributed by atoms with Crippen molar-refractivity contribution in [3.05, 3.63) is 58.7 Å². The molecule has 5 N–H and O–H groups in total. The molecular formula is C44H62O12. The normalized spacial score (nSPS) is 39.8. The predicted octanol–water partition coefficient (Wildman–Crippen LogP) is 5.00. The van der Waals surface area contributed by atoms with Crippen molar-refractivity contribution in [2.75, 3.05) is 0 Å². The van der Waals surface area contributed by atoms with Crippen molar-refractivity contribution in [2.45, 2.75) is 136 Å². The molecule has 5 aliphatic rings. The van der Waals surface area contributed by atoms with Crippen LogP contribution in [0.5, 0.6) is 0 Å². The maximum absolute atomic E-state index is 14.3. The highest BCUT2D eigenvalue weighted by Crippen LogP contribution is 2.54. The third-order valence-corrected chi connectivity index (χ3v) is 13.1.